The molecule has 1 rings (SSSR count). The van der Waals surface area contributed by atoms with Crippen molar-refractivity contribution < 1.29 is 0 Å². The van der Waals surface area contributed by atoms with E-state index in [1.165, 1.54) is 5.56 Å². The molecule has 1 aromatic carbocycles. The summed E-state index contributed by atoms with van der Waals surface area (Å²) >= 11 is 6.09. The van der Waals surface area contributed by atoms with E-state index in [1.54, 1.807) is 0 Å². The number of halogens is 1. The van der Waals surface area contributed by atoms with Crippen LogP contribution in [0.3, 0.4) is 0 Å². The predicted molar refractivity (Wildman–Crippen MR) is 79.9 cm³/mol. The highest BCUT2D eigenvalue weighted by Gasteiger charge is 2.23. The van der Waals surface area contributed by atoms with Crippen LogP contribution >= 0.6 is 11.6 Å². The fraction of sp³-hybridized carbons (Fsp3) is 0.600. The molecule has 0 bridgehead atoms. The first-order valence-corrected chi connectivity index (χ1v) is 7.04. The zero-order chi connectivity index (χ0) is 13.7. The normalized spacial score (nSPS) is 15.1. The van der Waals surface area contributed by atoms with Crippen LogP contribution in [-0.4, -0.2) is 24.5 Å². The molecule has 0 aliphatic carbocycles. The molecule has 0 spiro atoms. The molecule has 0 aliphatic rings. The number of hydrogen-bond donors (Lipinski definition) is 1. The SMILES string of the molecule is CCC(N)C(c1cccc(Cl)c1)N(C)CC(C)C. The maximum Gasteiger partial charge on any atom is 0.0496 e. The lowest BCUT2D eigenvalue weighted by Gasteiger charge is -2.34. The molecule has 3 heteroatoms. The summed E-state index contributed by atoms with van der Waals surface area (Å²) in [6.45, 7) is 7.61. The summed E-state index contributed by atoms with van der Waals surface area (Å²) in [7, 11) is 2.14. The third-order valence-corrected chi connectivity index (χ3v) is 3.43. The number of hydrogen-bond acceptors (Lipinski definition) is 2. The Kier molecular flexibility index (Phi) is 6.13. The second kappa shape index (κ2) is 7.13. The second-order valence-electron chi connectivity index (χ2n) is 5.41. The molecule has 1 aromatic rings. The monoisotopic (exact) mass is 268 g/mol. The molecular weight excluding hydrogens is 244 g/mol. The average Bonchev–Trinajstić information content (AvgIpc) is 2.28. The Labute approximate surface area is 116 Å². The second-order valence-corrected chi connectivity index (χ2v) is 5.84. The number of nitrogens with zero attached hydrogens (tertiary/aromatic N) is 1. The van der Waals surface area contributed by atoms with Gasteiger partial charge in [0.2, 0.25) is 0 Å². The van der Waals surface area contributed by atoms with Crippen LogP contribution < -0.4 is 5.73 Å². The highest BCUT2D eigenvalue weighted by atomic mass is 35.5. The molecule has 0 amide bonds. The van der Waals surface area contributed by atoms with Crippen molar-refractivity contribution in [1.29, 1.82) is 0 Å². The zero-order valence-corrected chi connectivity index (χ0v) is 12.6. The summed E-state index contributed by atoms with van der Waals surface area (Å²) in [5.41, 5.74) is 7.50. The van der Waals surface area contributed by atoms with Gasteiger partial charge in [-0.25, -0.2) is 0 Å². The van der Waals surface area contributed by atoms with Crippen LogP contribution in [0.2, 0.25) is 5.02 Å². The van der Waals surface area contributed by atoms with Crippen molar-refractivity contribution in [3.8, 4) is 0 Å². The lowest BCUT2D eigenvalue weighted by Crippen LogP contribution is -2.40. The summed E-state index contributed by atoms with van der Waals surface area (Å²) in [6.07, 6.45) is 0.958. The standard InChI is InChI=1S/C15H25ClN2/c1-5-14(17)15(18(4)10-11(2)3)12-7-6-8-13(16)9-12/h6-9,11,14-15H,5,10,17H2,1-4H3. The van der Waals surface area contributed by atoms with Gasteiger partial charge in [-0.3, -0.25) is 4.90 Å². The molecule has 0 saturated carbocycles. The molecule has 0 heterocycles. The van der Waals surface area contributed by atoms with Gasteiger partial charge in [0, 0.05) is 23.7 Å². The van der Waals surface area contributed by atoms with E-state index in [-0.39, 0.29) is 12.1 Å². The van der Waals surface area contributed by atoms with Gasteiger partial charge >= 0.3 is 0 Å². The van der Waals surface area contributed by atoms with E-state index in [0.717, 1.165) is 18.0 Å². The smallest absolute Gasteiger partial charge is 0.0496 e. The molecule has 0 aromatic heterocycles. The molecular formula is C15H25ClN2. The number of likely N-dealkylation sites (N-methyl/N-ethyl adjacent to an activating group) is 1. The van der Waals surface area contributed by atoms with Gasteiger partial charge in [-0.15, -0.1) is 0 Å². The van der Waals surface area contributed by atoms with Crippen molar-refractivity contribution >= 4 is 11.6 Å². The lowest BCUT2D eigenvalue weighted by atomic mass is 9.96. The highest BCUT2D eigenvalue weighted by Crippen LogP contribution is 2.26. The zero-order valence-electron chi connectivity index (χ0n) is 11.9. The fourth-order valence-electron chi connectivity index (χ4n) is 2.43. The Morgan fingerprint density at radius 3 is 2.50 bits per heavy atom. The van der Waals surface area contributed by atoms with E-state index in [0.29, 0.717) is 5.92 Å². The summed E-state index contributed by atoms with van der Waals surface area (Å²) in [6, 6.07) is 8.41. The van der Waals surface area contributed by atoms with Crippen LogP contribution in [0.1, 0.15) is 38.8 Å². The third kappa shape index (κ3) is 4.27. The van der Waals surface area contributed by atoms with Crippen LogP contribution in [0.25, 0.3) is 0 Å². The van der Waals surface area contributed by atoms with Crippen molar-refractivity contribution in [3.05, 3.63) is 34.9 Å². The molecule has 0 fully saturated rings. The number of rotatable bonds is 6. The minimum atomic E-state index is 0.132. The van der Waals surface area contributed by atoms with Crippen LogP contribution in [0, 0.1) is 5.92 Å². The molecule has 102 valence electrons. The van der Waals surface area contributed by atoms with Gasteiger partial charge in [0.15, 0.2) is 0 Å². The quantitative estimate of drug-likeness (QED) is 0.852. The molecule has 2 atom stereocenters. The van der Waals surface area contributed by atoms with E-state index >= 15 is 0 Å². The number of nitrogens with two attached hydrogens (primary N) is 1. The van der Waals surface area contributed by atoms with Crippen LogP contribution in [0.5, 0.6) is 0 Å². The Hall–Kier alpha value is -0.570. The first-order chi connectivity index (χ1) is 8.45. The summed E-state index contributed by atoms with van der Waals surface area (Å²) in [5.74, 6) is 0.626. The van der Waals surface area contributed by atoms with Gasteiger partial charge in [-0.2, -0.15) is 0 Å². The molecule has 0 aliphatic heterocycles. The van der Waals surface area contributed by atoms with Gasteiger partial charge in [0.05, 0.1) is 0 Å². The van der Waals surface area contributed by atoms with E-state index in [9.17, 15) is 0 Å². The molecule has 0 saturated heterocycles. The Morgan fingerprint density at radius 2 is 2.00 bits per heavy atom. The van der Waals surface area contributed by atoms with Gasteiger partial charge in [-0.05, 0) is 37.1 Å². The Balaban J connectivity index is 2.97. The van der Waals surface area contributed by atoms with Gasteiger partial charge in [0.1, 0.15) is 0 Å². The Morgan fingerprint density at radius 1 is 1.33 bits per heavy atom. The van der Waals surface area contributed by atoms with Crippen molar-refractivity contribution in [2.45, 2.75) is 39.3 Å². The fourth-order valence-corrected chi connectivity index (χ4v) is 2.63. The van der Waals surface area contributed by atoms with Gasteiger partial charge < -0.3 is 5.73 Å². The number of benzene rings is 1. The van der Waals surface area contributed by atoms with Crippen LogP contribution in [0.15, 0.2) is 24.3 Å². The summed E-state index contributed by atoms with van der Waals surface area (Å²) < 4.78 is 0. The van der Waals surface area contributed by atoms with E-state index in [1.807, 2.05) is 18.2 Å². The summed E-state index contributed by atoms with van der Waals surface area (Å²) in [4.78, 5) is 2.34. The molecule has 18 heavy (non-hydrogen) atoms. The molecule has 2 N–H and O–H groups in total. The van der Waals surface area contributed by atoms with E-state index in [2.05, 4.69) is 38.8 Å². The maximum absolute atomic E-state index is 6.29. The average molecular weight is 269 g/mol. The topological polar surface area (TPSA) is 29.3 Å². The van der Waals surface area contributed by atoms with E-state index in [4.69, 9.17) is 17.3 Å². The van der Waals surface area contributed by atoms with Crippen LogP contribution in [-0.2, 0) is 0 Å². The highest BCUT2D eigenvalue weighted by molar-refractivity contribution is 6.30. The molecule has 2 nitrogen and oxygen atoms in total. The first kappa shape index (κ1) is 15.5. The van der Waals surface area contributed by atoms with Crippen molar-refractivity contribution in [2.75, 3.05) is 13.6 Å². The Bertz CT molecular complexity index is 365. The van der Waals surface area contributed by atoms with Crippen molar-refractivity contribution in [3.63, 3.8) is 0 Å². The predicted octanol–water partition coefficient (Wildman–Crippen LogP) is 3.71. The summed E-state index contributed by atoms with van der Waals surface area (Å²) in [5, 5.41) is 0.777. The van der Waals surface area contributed by atoms with Gasteiger partial charge in [0.25, 0.3) is 0 Å². The van der Waals surface area contributed by atoms with Crippen molar-refractivity contribution in [2.24, 2.45) is 11.7 Å². The van der Waals surface area contributed by atoms with E-state index < -0.39 is 0 Å². The molecule has 0 radical (unpaired) electrons. The first-order valence-electron chi connectivity index (χ1n) is 6.67. The third-order valence-electron chi connectivity index (χ3n) is 3.20. The molecule has 2 unspecified atom stereocenters. The van der Waals surface area contributed by atoms with Crippen molar-refractivity contribution in [1.82, 2.24) is 4.90 Å². The largest absolute Gasteiger partial charge is 0.326 e. The van der Waals surface area contributed by atoms with Crippen LogP contribution in [0.4, 0.5) is 0 Å². The van der Waals surface area contributed by atoms with Gasteiger partial charge in [-0.1, -0.05) is 44.5 Å². The minimum absolute atomic E-state index is 0.132. The lowest BCUT2D eigenvalue weighted by molar-refractivity contribution is 0.189. The maximum atomic E-state index is 6.29. The minimum Gasteiger partial charge on any atom is -0.326 e.